The number of amides is 1. The zero-order valence-corrected chi connectivity index (χ0v) is 9.86. The molecule has 0 N–H and O–H groups in total. The summed E-state index contributed by atoms with van der Waals surface area (Å²) in [6.45, 7) is 5.68. The van der Waals surface area contributed by atoms with Crippen molar-refractivity contribution in [2.75, 3.05) is 13.1 Å². The van der Waals surface area contributed by atoms with Gasteiger partial charge in [0.25, 0.3) is 0 Å². The van der Waals surface area contributed by atoms with E-state index in [1.54, 1.807) is 6.92 Å². The number of piperidine rings is 1. The van der Waals surface area contributed by atoms with Gasteiger partial charge in [-0.3, -0.25) is 4.79 Å². The molecule has 2 heteroatoms. The van der Waals surface area contributed by atoms with E-state index in [2.05, 4.69) is 31.2 Å². The van der Waals surface area contributed by atoms with Crippen molar-refractivity contribution >= 4 is 5.91 Å². The molecule has 2 aliphatic rings. The molecule has 0 aromatic heterocycles. The lowest BCUT2D eigenvalue weighted by Gasteiger charge is -2.19. The maximum atomic E-state index is 11.4. The summed E-state index contributed by atoms with van der Waals surface area (Å²) in [5.41, 5.74) is 3.03. The van der Waals surface area contributed by atoms with Crippen LogP contribution in [0.4, 0.5) is 0 Å². The van der Waals surface area contributed by atoms with Crippen molar-refractivity contribution < 1.29 is 4.79 Å². The predicted molar refractivity (Wildman–Crippen MR) is 63.2 cm³/mol. The minimum absolute atomic E-state index is 0.221. The number of likely N-dealkylation sites (tertiary alicyclic amines) is 1. The highest BCUT2D eigenvalue weighted by atomic mass is 16.2. The summed E-state index contributed by atoms with van der Waals surface area (Å²) in [7, 11) is 0. The fraction of sp³-hybridized carbons (Fsp3) is 0.500. The summed E-state index contributed by atoms with van der Waals surface area (Å²) in [5.74, 6) is 0.929. The first-order valence-corrected chi connectivity index (χ1v) is 5.94. The highest BCUT2D eigenvalue weighted by molar-refractivity contribution is 5.74. The Morgan fingerprint density at radius 2 is 2.06 bits per heavy atom. The Labute approximate surface area is 96.3 Å². The predicted octanol–water partition coefficient (Wildman–Crippen LogP) is 2.11. The van der Waals surface area contributed by atoms with Crippen LogP contribution >= 0.6 is 0 Å². The van der Waals surface area contributed by atoms with Gasteiger partial charge >= 0.3 is 0 Å². The van der Waals surface area contributed by atoms with Crippen LogP contribution in [0.15, 0.2) is 24.3 Å². The van der Waals surface area contributed by atoms with Crippen LogP contribution in [0.2, 0.25) is 0 Å². The molecule has 84 valence electrons. The molecule has 1 amide bonds. The Morgan fingerprint density at radius 1 is 1.38 bits per heavy atom. The van der Waals surface area contributed by atoms with Gasteiger partial charge in [0.2, 0.25) is 5.91 Å². The number of hydrogen-bond donors (Lipinski definition) is 0. The van der Waals surface area contributed by atoms with Crippen molar-refractivity contribution in [3.63, 3.8) is 0 Å². The number of nitrogens with zero attached hydrogens (tertiary/aromatic N) is 1. The molecule has 2 nitrogen and oxygen atoms in total. The highest BCUT2D eigenvalue weighted by Gasteiger charge is 2.61. The van der Waals surface area contributed by atoms with E-state index in [9.17, 15) is 4.79 Å². The lowest BCUT2D eigenvalue weighted by atomic mass is 9.94. The van der Waals surface area contributed by atoms with Crippen molar-refractivity contribution in [1.82, 2.24) is 4.90 Å². The molecule has 1 aliphatic carbocycles. The van der Waals surface area contributed by atoms with Crippen LogP contribution in [0.5, 0.6) is 0 Å². The molecular formula is C14H17NO. The Hall–Kier alpha value is -1.31. The summed E-state index contributed by atoms with van der Waals surface area (Å²) in [6, 6.07) is 8.82. The van der Waals surface area contributed by atoms with Crippen molar-refractivity contribution in [1.29, 1.82) is 0 Å². The molecule has 2 fully saturated rings. The molecule has 3 rings (SSSR count). The molecule has 0 bridgehead atoms. The summed E-state index contributed by atoms with van der Waals surface area (Å²) in [4.78, 5) is 13.4. The zero-order valence-electron chi connectivity index (χ0n) is 9.86. The second-order valence-electron chi connectivity index (χ2n) is 5.32. The zero-order chi connectivity index (χ0) is 11.3. The number of fused-ring (bicyclic) bond motifs is 1. The molecule has 1 aromatic rings. The number of rotatable bonds is 1. The monoisotopic (exact) mass is 215 g/mol. The normalized spacial score (nSPS) is 31.4. The number of carbonyl (C=O) groups is 1. The van der Waals surface area contributed by atoms with Crippen LogP contribution in [0.25, 0.3) is 0 Å². The SMILES string of the molecule is CC(=O)N1CC2CC2(c2ccc(C)cc2)C1. The van der Waals surface area contributed by atoms with Crippen molar-refractivity contribution in [3.8, 4) is 0 Å². The average molecular weight is 215 g/mol. The van der Waals surface area contributed by atoms with Gasteiger partial charge in [0.15, 0.2) is 0 Å². The van der Waals surface area contributed by atoms with E-state index in [4.69, 9.17) is 0 Å². The molecule has 1 saturated heterocycles. The lowest BCUT2D eigenvalue weighted by Crippen LogP contribution is -2.30. The summed E-state index contributed by atoms with van der Waals surface area (Å²) < 4.78 is 0. The number of hydrogen-bond acceptors (Lipinski definition) is 1. The summed E-state index contributed by atoms with van der Waals surface area (Å²) in [6.07, 6.45) is 1.26. The van der Waals surface area contributed by atoms with Gasteiger partial charge in [-0.2, -0.15) is 0 Å². The van der Waals surface area contributed by atoms with Gasteiger partial charge in [-0.1, -0.05) is 29.8 Å². The number of benzene rings is 1. The third-order valence-electron chi connectivity index (χ3n) is 4.22. The van der Waals surface area contributed by atoms with E-state index in [-0.39, 0.29) is 5.91 Å². The molecule has 1 aliphatic heterocycles. The van der Waals surface area contributed by atoms with Gasteiger partial charge in [0.1, 0.15) is 0 Å². The van der Waals surface area contributed by atoms with Crippen LogP contribution in [-0.4, -0.2) is 23.9 Å². The molecule has 1 saturated carbocycles. The van der Waals surface area contributed by atoms with Crippen LogP contribution < -0.4 is 0 Å². The minimum Gasteiger partial charge on any atom is -0.342 e. The molecule has 16 heavy (non-hydrogen) atoms. The van der Waals surface area contributed by atoms with E-state index in [1.165, 1.54) is 17.5 Å². The third kappa shape index (κ3) is 1.29. The van der Waals surface area contributed by atoms with Crippen LogP contribution in [0.1, 0.15) is 24.5 Å². The maximum Gasteiger partial charge on any atom is 0.219 e. The molecule has 0 radical (unpaired) electrons. The molecule has 1 aromatic carbocycles. The maximum absolute atomic E-state index is 11.4. The topological polar surface area (TPSA) is 20.3 Å². The molecule has 1 heterocycles. The molecular weight excluding hydrogens is 198 g/mol. The number of aryl methyl sites for hydroxylation is 1. The van der Waals surface area contributed by atoms with Crippen LogP contribution in [0, 0.1) is 12.8 Å². The molecule has 0 spiro atoms. The lowest BCUT2D eigenvalue weighted by molar-refractivity contribution is -0.128. The Kier molecular flexibility index (Phi) is 1.91. The van der Waals surface area contributed by atoms with Gasteiger partial charge in [0, 0.05) is 25.4 Å². The molecule has 2 atom stereocenters. The van der Waals surface area contributed by atoms with Gasteiger partial charge in [-0.05, 0) is 24.8 Å². The summed E-state index contributed by atoms with van der Waals surface area (Å²) in [5, 5.41) is 0. The third-order valence-corrected chi connectivity index (χ3v) is 4.22. The Morgan fingerprint density at radius 3 is 2.62 bits per heavy atom. The van der Waals surface area contributed by atoms with E-state index < -0.39 is 0 Å². The first-order valence-electron chi connectivity index (χ1n) is 5.94. The smallest absolute Gasteiger partial charge is 0.219 e. The largest absolute Gasteiger partial charge is 0.342 e. The highest BCUT2D eigenvalue weighted by Crippen LogP contribution is 2.58. The Bertz CT molecular complexity index is 437. The average Bonchev–Trinajstić information content (AvgIpc) is 2.82. The quantitative estimate of drug-likeness (QED) is 0.702. The fourth-order valence-electron chi connectivity index (χ4n) is 3.06. The second-order valence-corrected chi connectivity index (χ2v) is 5.32. The molecule has 2 unspecified atom stereocenters. The van der Waals surface area contributed by atoms with Crippen LogP contribution in [0.3, 0.4) is 0 Å². The number of carbonyl (C=O) groups excluding carboxylic acids is 1. The second kappa shape index (κ2) is 3.09. The van der Waals surface area contributed by atoms with Crippen LogP contribution in [-0.2, 0) is 10.2 Å². The van der Waals surface area contributed by atoms with Gasteiger partial charge in [-0.25, -0.2) is 0 Å². The fourth-order valence-corrected chi connectivity index (χ4v) is 3.06. The van der Waals surface area contributed by atoms with Gasteiger partial charge in [-0.15, -0.1) is 0 Å². The first-order chi connectivity index (χ1) is 7.62. The van der Waals surface area contributed by atoms with Gasteiger partial charge in [0.05, 0.1) is 0 Å². The summed E-state index contributed by atoms with van der Waals surface area (Å²) >= 11 is 0. The van der Waals surface area contributed by atoms with E-state index in [1.807, 2.05) is 4.90 Å². The standard InChI is InChI=1S/C14H17NO/c1-10-3-5-12(6-4-10)14-7-13(14)8-15(9-14)11(2)16/h3-6,13H,7-9H2,1-2H3. The van der Waals surface area contributed by atoms with E-state index >= 15 is 0 Å². The van der Waals surface area contributed by atoms with Gasteiger partial charge < -0.3 is 4.90 Å². The van der Waals surface area contributed by atoms with Crippen molar-refractivity contribution in [2.24, 2.45) is 5.92 Å². The van der Waals surface area contributed by atoms with E-state index in [0.717, 1.165) is 13.1 Å². The van der Waals surface area contributed by atoms with E-state index in [0.29, 0.717) is 11.3 Å². The Balaban J connectivity index is 1.87. The van der Waals surface area contributed by atoms with Crippen molar-refractivity contribution in [2.45, 2.75) is 25.7 Å². The first kappa shape index (κ1) is 9.88. The van der Waals surface area contributed by atoms with Crippen molar-refractivity contribution in [3.05, 3.63) is 35.4 Å². The minimum atomic E-state index is 0.221.